The molecule has 0 saturated heterocycles. The molecule has 0 spiro atoms. The first kappa shape index (κ1) is 98.1. The molecular formula is C81H158O17P2. The molecular weight excluding hydrogens is 1310 g/mol. The van der Waals surface area contributed by atoms with E-state index in [0.29, 0.717) is 25.7 Å². The normalized spacial score (nSPS) is 14.3. The summed E-state index contributed by atoms with van der Waals surface area (Å²) in [5.74, 6) is 0.973. The van der Waals surface area contributed by atoms with Gasteiger partial charge in [0.05, 0.1) is 26.4 Å². The van der Waals surface area contributed by atoms with Crippen LogP contribution in [-0.4, -0.2) is 96.7 Å². The molecule has 3 unspecified atom stereocenters. The maximum absolute atomic E-state index is 13.1. The second kappa shape index (κ2) is 70.1. The topological polar surface area (TPSA) is 237 Å². The van der Waals surface area contributed by atoms with Crippen LogP contribution < -0.4 is 0 Å². The molecule has 0 fully saturated rings. The molecule has 0 aliphatic carbocycles. The highest BCUT2D eigenvalue weighted by Gasteiger charge is 2.30. The Kier molecular flexibility index (Phi) is 68.7. The van der Waals surface area contributed by atoms with Gasteiger partial charge in [-0.1, -0.05) is 364 Å². The molecule has 0 heterocycles. The Morgan fingerprint density at radius 3 is 0.710 bits per heavy atom. The van der Waals surface area contributed by atoms with E-state index in [1.54, 1.807) is 0 Å². The molecule has 3 N–H and O–H groups in total. The van der Waals surface area contributed by atoms with Crippen LogP contribution in [0.25, 0.3) is 0 Å². The van der Waals surface area contributed by atoms with Crippen molar-refractivity contribution in [3.8, 4) is 0 Å². The lowest BCUT2D eigenvalue weighted by Gasteiger charge is -2.21. The predicted molar refractivity (Wildman–Crippen MR) is 409 cm³/mol. The lowest BCUT2D eigenvalue weighted by atomic mass is 10.00. The van der Waals surface area contributed by atoms with Crippen LogP contribution in [0, 0.1) is 23.7 Å². The van der Waals surface area contributed by atoms with E-state index >= 15 is 0 Å². The first-order valence-corrected chi connectivity index (χ1v) is 44.7. The third-order valence-electron chi connectivity index (χ3n) is 19.2. The van der Waals surface area contributed by atoms with Crippen molar-refractivity contribution in [1.82, 2.24) is 0 Å². The molecule has 0 radical (unpaired) electrons. The number of phosphoric acid groups is 2. The van der Waals surface area contributed by atoms with Gasteiger partial charge in [0, 0.05) is 25.7 Å². The molecule has 0 aromatic heterocycles. The molecule has 6 atom stereocenters. The molecule has 0 aromatic carbocycles. The monoisotopic (exact) mass is 1470 g/mol. The first-order valence-electron chi connectivity index (χ1n) is 41.7. The zero-order valence-electron chi connectivity index (χ0n) is 65.8. The number of carbonyl (C=O) groups excluding carboxylic acids is 4. The minimum absolute atomic E-state index is 0.104. The zero-order valence-corrected chi connectivity index (χ0v) is 67.6. The smallest absolute Gasteiger partial charge is 0.462 e. The third kappa shape index (κ3) is 73.0. The van der Waals surface area contributed by atoms with Crippen LogP contribution in [-0.2, 0) is 65.4 Å². The van der Waals surface area contributed by atoms with E-state index < -0.39 is 97.5 Å². The number of esters is 4. The Hall–Kier alpha value is -1.94. The number of phosphoric ester groups is 2. The number of aliphatic hydroxyl groups is 1. The maximum atomic E-state index is 13.1. The summed E-state index contributed by atoms with van der Waals surface area (Å²) in [5.41, 5.74) is 0. The van der Waals surface area contributed by atoms with Crippen molar-refractivity contribution in [2.75, 3.05) is 39.6 Å². The van der Waals surface area contributed by atoms with Crippen molar-refractivity contribution in [2.24, 2.45) is 23.7 Å². The Bertz CT molecular complexity index is 1960. The molecule has 0 amide bonds. The summed E-state index contributed by atoms with van der Waals surface area (Å²) in [6, 6.07) is 0. The third-order valence-corrected chi connectivity index (χ3v) is 21.1. The molecule has 0 bridgehead atoms. The van der Waals surface area contributed by atoms with Gasteiger partial charge in [0.15, 0.2) is 12.2 Å². The molecule has 100 heavy (non-hydrogen) atoms. The quantitative estimate of drug-likeness (QED) is 0.0222. The maximum Gasteiger partial charge on any atom is 0.472 e. The molecule has 17 nitrogen and oxygen atoms in total. The summed E-state index contributed by atoms with van der Waals surface area (Å²) in [7, 11) is -9.92. The van der Waals surface area contributed by atoms with Crippen LogP contribution in [0.4, 0.5) is 0 Å². The molecule has 0 saturated carbocycles. The fourth-order valence-electron chi connectivity index (χ4n) is 12.4. The fraction of sp³-hybridized carbons (Fsp3) is 0.951. The number of unbranched alkanes of at least 4 members (excludes halogenated alkanes) is 43. The van der Waals surface area contributed by atoms with Crippen molar-refractivity contribution in [3.05, 3.63) is 0 Å². The lowest BCUT2D eigenvalue weighted by molar-refractivity contribution is -0.161. The number of hydrogen-bond donors (Lipinski definition) is 3. The summed E-state index contributed by atoms with van der Waals surface area (Å²) in [6.45, 7) is 14.2. The highest BCUT2D eigenvalue weighted by molar-refractivity contribution is 7.47. The van der Waals surface area contributed by atoms with Crippen molar-refractivity contribution in [2.45, 2.75) is 433 Å². The number of ether oxygens (including phenoxy) is 4. The van der Waals surface area contributed by atoms with Gasteiger partial charge in [-0.05, 0) is 49.4 Å². The largest absolute Gasteiger partial charge is 0.472 e. The Morgan fingerprint density at radius 1 is 0.280 bits per heavy atom. The van der Waals surface area contributed by atoms with Crippen molar-refractivity contribution in [1.29, 1.82) is 0 Å². The van der Waals surface area contributed by atoms with Gasteiger partial charge in [-0.25, -0.2) is 9.13 Å². The Balaban J connectivity index is 5.23. The standard InChI is InChI=1S/C81H158O17P2/c1-9-74(8)60-52-44-39-40-46-54-62-79(84)92-68-77(98-81(86)64-56-48-38-32-26-29-35-43-51-59-73(6)7)70-96-100(89,90)94-66-75(82)65-93-99(87,88)95-69-76(97-80(85)63-55-47-37-31-25-21-17-13-11-15-19-23-28-34-42-50-58-72(4)5)67-91-78(83)61-53-45-36-30-24-20-16-12-10-14-18-22-27-33-41-49-57-71(2)3/h71-77,82H,9-70H2,1-8H3,(H,87,88)(H,89,90)/t74?,75-,76-,77-/m1/s1. The van der Waals surface area contributed by atoms with Gasteiger partial charge >= 0.3 is 39.5 Å². The molecule has 594 valence electrons. The number of aliphatic hydroxyl groups excluding tert-OH is 1. The van der Waals surface area contributed by atoms with Gasteiger partial charge in [-0.15, -0.1) is 0 Å². The Labute approximate surface area is 613 Å². The van der Waals surface area contributed by atoms with E-state index in [1.807, 2.05) is 0 Å². The molecule has 0 rings (SSSR count). The van der Waals surface area contributed by atoms with Gasteiger partial charge in [0.25, 0.3) is 0 Å². The summed E-state index contributed by atoms with van der Waals surface area (Å²) in [5, 5.41) is 10.6. The highest BCUT2D eigenvalue weighted by atomic mass is 31.2. The summed E-state index contributed by atoms with van der Waals surface area (Å²) >= 11 is 0. The summed E-state index contributed by atoms with van der Waals surface area (Å²) < 4.78 is 68.7. The Morgan fingerprint density at radius 2 is 0.480 bits per heavy atom. The van der Waals surface area contributed by atoms with Crippen LogP contribution in [0.2, 0.25) is 0 Å². The second-order valence-electron chi connectivity index (χ2n) is 30.8. The van der Waals surface area contributed by atoms with E-state index in [-0.39, 0.29) is 25.7 Å². The lowest BCUT2D eigenvalue weighted by Crippen LogP contribution is -2.30. The second-order valence-corrected chi connectivity index (χ2v) is 33.7. The van der Waals surface area contributed by atoms with Gasteiger partial charge in [0.1, 0.15) is 19.3 Å². The molecule has 0 aliphatic heterocycles. The minimum atomic E-state index is -4.96. The summed E-state index contributed by atoms with van der Waals surface area (Å²) in [6.07, 6.45) is 57.0. The molecule has 0 aliphatic rings. The predicted octanol–water partition coefficient (Wildman–Crippen LogP) is 24.0. The summed E-state index contributed by atoms with van der Waals surface area (Å²) in [4.78, 5) is 73.0. The van der Waals surface area contributed by atoms with E-state index in [0.717, 1.165) is 120 Å². The SMILES string of the molecule is CCC(C)CCCCCCCCC(=O)OC[C@H](COP(=O)(O)OC[C@H](O)COP(=O)(O)OC[C@@H](COC(=O)CCCCCCCCCCCCCCCCCCC(C)C)OC(=O)CCCCCCCCCCCCCCCCCCC(C)C)OC(=O)CCCCCCCCCCCC(C)C. The molecule has 19 heteroatoms. The van der Waals surface area contributed by atoms with Gasteiger partial charge in [-0.3, -0.25) is 37.3 Å². The first-order chi connectivity index (χ1) is 48.1. The number of carbonyl (C=O) groups is 4. The zero-order chi connectivity index (χ0) is 73.8. The minimum Gasteiger partial charge on any atom is -0.462 e. The van der Waals surface area contributed by atoms with Crippen LogP contribution in [0.15, 0.2) is 0 Å². The number of hydrogen-bond acceptors (Lipinski definition) is 15. The van der Waals surface area contributed by atoms with Crippen LogP contribution in [0.3, 0.4) is 0 Å². The van der Waals surface area contributed by atoms with E-state index in [1.165, 1.54) is 212 Å². The van der Waals surface area contributed by atoms with Gasteiger partial charge < -0.3 is 33.8 Å². The van der Waals surface area contributed by atoms with Crippen molar-refractivity contribution in [3.63, 3.8) is 0 Å². The molecule has 0 aromatic rings. The van der Waals surface area contributed by atoms with Crippen molar-refractivity contribution < 1.29 is 80.2 Å². The fourth-order valence-corrected chi connectivity index (χ4v) is 14.0. The van der Waals surface area contributed by atoms with Crippen LogP contribution in [0.1, 0.15) is 415 Å². The average molecular weight is 1470 g/mol. The van der Waals surface area contributed by atoms with E-state index in [4.69, 9.17) is 37.0 Å². The van der Waals surface area contributed by atoms with Gasteiger partial charge in [0.2, 0.25) is 0 Å². The van der Waals surface area contributed by atoms with E-state index in [9.17, 15) is 43.2 Å². The van der Waals surface area contributed by atoms with Crippen LogP contribution in [0.5, 0.6) is 0 Å². The van der Waals surface area contributed by atoms with Crippen LogP contribution >= 0.6 is 15.6 Å². The van der Waals surface area contributed by atoms with Crippen molar-refractivity contribution >= 4 is 39.5 Å². The van der Waals surface area contributed by atoms with Gasteiger partial charge in [-0.2, -0.15) is 0 Å². The average Bonchev–Trinajstić information content (AvgIpc) is 0.949. The number of rotatable bonds is 78. The van der Waals surface area contributed by atoms with E-state index in [2.05, 4.69) is 55.4 Å². The highest BCUT2D eigenvalue weighted by Crippen LogP contribution is 2.45.